The zero-order valence-electron chi connectivity index (χ0n) is 20.3. The molecule has 1 aliphatic carbocycles. The molecule has 1 aromatic heterocycles. The first-order valence-corrected chi connectivity index (χ1v) is 13.0. The maximum Gasteiger partial charge on any atom is 0.326 e. The molecule has 1 saturated carbocycles. The number of nitrogens with zero attached hydrogens (tertiary/aromatic N) is 5. The molecule has 0 radical (unpaired) electrons. The third-order valence-corrected chi connectivity index (χ3v) is 7.84. The molecule has 35 heavy (non-hydrogen) atoms. The Morgan fingerprint density at radius 3 is 2.46 bits per heavy atom. The fourth-order valence-electron chi connectivity index (χ4n) is 5.80. The van der Waals surface area contributed by atoms with E-state index in [0.717, 1.165) is 76.0 Å². The van der Waals surface area contributed by atoms with Gasteiger partial charge in [0, 0.05) is 58.0 Å². The largest absolute Gasteiger partial charge is 0.481 e. The van der Waals surface area contributed by atoms with Gasteiger partial charge in [-0.15, -0.1) is 0 Å². The highest BCUT2D eigenvalue weighted by atomic mass is 16.4. The van der Waals surface area contributed by atoms with Gasteiger partial charge in [-0.2, -0.15) is 0 Å². The summed E-state index contributed by atoms with van der Waals surface area (Å²) in [7, 11) is 0. The maximum absolute atomic E-state index is 13.3. The Kier molecular flexibility index (Phi) is 7.27. The normalized spacial score (nSPS) is 23.3. The number of rotatable bonds is 7. The van der Waals surface area contributed by atoms with Crippen molar-refractivity contribution < 1.29 is 14.7 Å². The number of hydrogen-bond donors (Lipinski definition) is 1. The lowest BCUT2D eigenvalue weighted by Crippen LogP contribution is -2.41. The number of benzene rings is 1. The Morgan fingerprint density at radius 2 is 1.71 bits per heavy atom. The van der Waals surface area contributed by atoms with Gasteiger partial charge in [-0.05, 0) is 43.6 Å². The predicted octanol–water partition coefficient (Wildman–Crippen LogP) is 3.74. The molecule has 0 atom stereocenters. The van der Waals surface area contributed by atoms with Crippen molar-refractivity contribution in [2.45, 2.75) is 64.0 Å². The summed E-state index contributed by atoms with van der Waals surface area (Å²) in [5, 5.41) is 8.93. The van der Waals surface area contributed by atoms with Gasteiger partial charge in [-0.3, -0.25) is 19.6 Å². The van der Waals surface area contributed by atoms with Crippen LogP contribution in [0.3, 0.4) is 0 Å². The van der Waals surface area contributed by atoms with Crippen LogP contribution in [-0.4, -0.2) is 69.1 Å². The highest BCUT2D eigenvalue weighted by Gasteiger charge is 2.37. The van der Waals surface area contributed by atoms with Crippen molar-refractivity contribution in [3.63, 3.8) is 0 Å². The van der Waals surface area contributed by atoms with Crippen LogP contribution in [0.2, 0.25) is 0 Å². The topological polar surface area (TPSA) is 89.9 Å². The van der Waals surface area contributed by atoms with E-state index in [2.05, 4.69) is 29.2 Å². The van der Waals surface area contributed by atoms with Gasteiger partial charge in [0.2, 0.25) is 0 Å². The number of carbonyl (C=O) groups is 2. The molecule has 1 aromatic carbocycles. The average Bonchev–Trinajstić information content (AvgIpc) is 3.14. The van der Waals surface area contributed by atoms with E-state index in [9.17, 15) is 9.59 Å². The van der Waals surface area contributed by atoms with E-state index in [1.807, 2.05) is 11.0 Å². The summed E-state index contributed by atoms with van der Waals surface area (Å²) < 4.78 is 0. The van der Waals surface area contributed by atoms with Crippen LogP contribution in [0.4, 0.5) is 10.6 Å². The molecule has 2 amide bonds. The summed E-state index contributed by atoms with van der Waals surface area (Å²) in [4.78, 5) is 40.0. The number of carbonyl (C=O) groups excluding carboxylic acids is 1. The molecule has 2 fully saturated rings. The van der Waals surface area contributed by atoms with Crippen molar-refractivity contribution in [3.05, 3.63) is 53.5 Å². The van der Waals surface area contributed by atoms with Gasteiger partial charge in [-0.1, -0.05) is 30.3 Å². The lowest BCUT2D eigenvalue weighted by molar-refractivity contribution is -0.137. The Bertz CT molecular complexity index is 1040. The highest BCUT2D eigenvalue weighted by Crippen LogP contribution is 2.33. The van der Waals surface area contributed by atoms with Gasteiger partial charge in [0.1, 0.15) is 0 Å². The van der Waals surface area contributed by atoms with Crippen molar-refractivity contribution in [2.24, 2.45) is 5.92 Å². The molecule has 2 aromatic rings. The van der Waals surface area contributed by atoms with Gasteiger partial charge in [0.05, 0.1) is 17.6 Å². The highest BCUT2D eigenvalue weighted by molar-refractivity contribution is 5.93. The van der Waals surface area contributed by atoms with Crippen LogP contribution in [0, 0.1) is 5.92 Å². The van der Waals surface area contributed by atoms with E-state index < -0.39 is 5.97 Å². The molecule has 8 nitrogen and oxygen atoms in total. The van der Waals surface area contributed by atoms with Gasteiger partial charge >= 0.3 is 12.0 Å². The minimum Gasteiger partial charge on any atom is -0.481 e. The smallest absolute Gasteiger partial charge is 0.326 e. The lowest BCUT2D eigenvalue weighted by Gasteiger charge is -2.34. The van der Waals surface area contributed by atoms with Crippen LogP contribution in [0.5, 0.6) is 0 Å². The number of hydrogen-bond acceptors (Lipinski definition) is 5. The monoisotopic (exact) mass is 477 g/mol. The second kappa shape index (κ2) is 10.7. The van der Waals surface area contributed by atoms with Crippen molar-refractivity contribution >= 4 is 17.8 Å². The number of fused-ring (bicyclic) bond motifs is 1. The van der Waals surface area contributed by atoms with Crippen LogP contribution < -0.4 is 4.90 Å². The molecule has 186 valence electrons. The molecular formula is C27H35N5O3. The summed E-state index contributed by atoms with van der Waals surface area (Å²) in [6.07, 6.45) is 8.39. The van der Waals surface area contributed by atoms with Crippen LogP contribution in [0.1, 0.15) is 55.5 Å². The molecule has 8 heteroatoms. The number of aliphatic carboxylic acids is 1. The number of carboxylic acid groups (broad SMARTS) is 1. The van der Waals surface area contributed by atoms with E-state index >= 15 is 0 Å². The molecule has 5 rings (SSSR count). The zero-order valence-corrected chi connectivity index (χ0v) is 20.3. The minimum absolute atomic E-state index is 0.0348. The van der Waals surface area contributed by atoms with Crippen LogP contribution in [-0.2, 0) is 24.2 Å². The van der Waals surface area contributed by atoms with Crippen LogP contribution in [0.25, 0.3) is 0 Å². The van der Waals surface area contributed by atoms with Gasteiger partial charge in [0.25, 0.3) is 0 Å². The molecule has 3 heterocycles. The first-order chi connectivity index (χ1) is 17.1. The lowest BCUT2D eigenvalue weighted by atomic mass is 9.83. The van der Waals surface area contributed by atoms with Crippen molar-refractivity contribution in [1.29, 1.82) is 0 Å². The number of urea groups is 1. The first-order valence-electron chi connectivity index (χ1n) is 13.0. The zero-order chi connectivity index (χ0) is 24.2. The third kappa shape index (κ3) is 5.64. The fraction of sp³-hybridized carbons (Fsp3) is 0.556. The minimum atomic E-state index is -0.719. The van der Waals surface area contributed by atoms with Gasteiger partial charge < -0.3 is 10.0 Å². The van der Waals surface area contributed by atoms with E-state index in [1.54, 1.807) is 11.1 Å². The standard InChI is InChI=1S/C27H35N5O3/c33-26(34)11-8-20-6-9-22(10-7-20)31-16-17-32(27(31)35)25-18-28-23-12-14-30(15-13-24(23)29-25)19-21-4-2-1-3-5-21/h1-5,18,20,22H,6-17,19H2,(H,33,34)/t20-,22-. The molecule has 0 bridgehead atoms. The predicted molar refractivity (Wildman–Crippen MR) is 133 cm³/mol. The fourth-order valence-corrected chi connectivity index (χ4v) is 5.80. The molecule has 0 unspecified atom stereocenters. The summed E-state index contributed by atoms with van der Waals surface area (Å²) in [6.45, 7) is 4.19. The van der Waals surface area contributed by atoms with Crippen molar-refractivity contribution in [3.8, 4) is 0 Å². The quantitative estimate of drug-likeness (QED) is 0.653. The van der Waals surface area contributed by atoms with Gasteiger partial charge in [0.15, 0.2) is 5.82 Å². The van der Waals surface area contributed by atoms with Gasteiger partial charge in [-0.25, -0.2) is 9.78 Å². The van der Waals surface area contributed by atoms with Crippen LogP contribution in [0.15, 0.2) is 36.5 Å². The molecule has 3 aliphatic rings. The second-order valence-corrected chi connectivity index (χ2v) is 10.1. The van der Waals surface area contributed by atoms with E-state index in [1.165, 1.54) is 5.56 Å². The molecule has 1 N–H and O–H groups in total. The van der Waals surface area contributed by atoms with E-state index in [0.29, 0.717) is 24.8 Å². The summed E-state index contributed by atoms with van der Waals surface area (Å²) in [6, 6.07) is 10.8. The Labute approximate surface area is 207 Å². The molecule has 1 saturated heterocycles. The van der Waals surface area contributed by atoms with E-state index in [4.69, 9.17) is 15.1 Å². The first kappa shape index (κ1) is 23.7. The van der Waals surface area contributed by atoms with E-state index in [-0.39, 0.29) is 18.5 Å². The molecule has 2 aliphatic heterocycles. The SMILES string of the molecule is O=C(O)CC[C@H]1CC[C@H](N2CCN(c3cnc4c(n3)CCN(Cc3ccccc3)CC4)C2=O)CC1. The summed E-state index contributed by atoms with van der Waals surface area (Å²) in [5.41, 5.74) is 3.38. The number of amides is 2. The molecule has 0 spiro atoms. The van der Waals surface area contributed by atoms with Crippen LogP contribution >= 0.6 is 0 Å². The number of carboxylic acids is 1. The number of anilines is 1. The summed E-state index contributed by atoms with van der Waals surface area (Å²) in [5.74, 6) is 0.416. The Morgan fingerprint density at radius 1 is 0.971 bits per heavy atom. The van der Waals surface area contributed by atoms with Crippen molar-refractivity contribution in [2.75, 3.05) is 31.1 Å². The number of aromatic nitrogens is 2. The summed E-state index contributed by atoms with van der Waals surface area (Å²) >= 11 is 0. The third-order valence-electron chi connectivity index (χ3n) is 7.84. The average molecular weight is 478 g/mol. The maximum atomic E-state index is 13.3. The Hall–Kier alpha value is -3.00. The second-order valence-electron chi connectivity index (χ2n) is 10.1. The molecular weight excluding hydrogens is 442 g/mol. The van der Waals surface area contributed by atoms with Crippen molar-refractivity contribution in [1.82, 2.24) is 19.8 Å². The Balaban J connectivity index is 1.18.